The van der Waals surface area contributed by atoms with Gasteiger partial charge in [-0.2, -0.15) is 4.98 Å². The molecule has 30 heavy (non-hydrogen) atoms. The van der Waals surface area contributed by atoms with Gasteiger partial charge >= 0.3 is 0 Å². The Morgan fingerprint density at radius 1 is 1.33 bits per heavy atom. The summed E-state index contributed by atoms with van der Waals surface area (Å²) in [6.07, 6.45) is 3.96. The molecule has 0 saturated carbocycles. The zero-order valence-electron chi connectivity index (χ0n) is 17.1. The summed E-state index contributed by atoms with van der Waals surface area (Å²) in [7, 11) is 1.58. The Morgan fingerprint density at radius 2 is 2.20 bits per heavy atom. The first-order chi connectivity index (χ1) is 14.6. The first-order valence-electron chi connectivity index (χ1n) is 10.0. The van der Waals surface area contributed by atoms with Gasteiger partial charge in [-0.1, -0.05) is 24.2 Å². The molecule has 1 atom stereocenters. The second-order valence-corrected chi connectivity index (χ2v) is 7.29. The van der Waals surface area contributed by atoms with Crippen molar-refractivity contribution in [3.63, 3.8) is 0 Å². The van der Waals surface area contributed by atoms with E-state index in [-0.39, 0.29) is 17.5 Å². The highest BCUT2D eigenvalue weighted by atomic mass is 16.5. The van der Waals surface area contributed by atoms with E-state index in [1.165, 1.54) is 16.2 Å². The van der Waals surface area contributed by atoms with Crippen molar-refractivity contribution in [2.45, 2.75) is 38.8 Å². The van der Waals surface area contributed by atoms with E-state index < -0.39 is 0 Å². The second kappa shape index (κ2) is 8.62. The van der Waals surface area contributed by atoms with Crippen LogP contribution in [-0.2, 0) is 24.1 Å². The number of pyridine rings is 1. The normalized spacial score (nSPS) is 15.2. The number of benzene rings is 1. The fraction of sp³-hybridized carbons (Fsp3) is 0.364. The lowest BCUT2D eigenvalue weighted by Crippen LogP contribution is -2.29. The molecule has 0 fully saturated rings. The summed E-state index contributed by atoms with van der Waals surface area (Å²) in [5.74, 6) is 0.997. The first-order valence-corrected chi connectivity index (χ1v) is 10.0. The minimum Gasteiger partial charge on any atom is -0.383 e. The molecule has 3 aromatic rings. The molecule has 0 saturated heterocycles. The fourth-order valence-electron chi connectivity index (χ4n) is 3.69. The van der Waals surface area contributed by atoms with Gasteiger partial charge in [0.1, 0.15) is 0 Å². The average Bonchev–Trinajstić information content (AvgIpc) is 3.40. The molecule has 156 valence electrons. The van der Waals surface area contributed by atoms with Crippen LogP contribution in [0.25, 0.3) is 11.4 Å². The van der Waals surface area contributed by atoms with E-state index in [1.54, 1.807) is 19.4 Å². The summed E-state index contributed by atoms with van der Waals surface area (Å²) in [5, 5.41) is 7.13. The highest BCUT2D eigenvalue weighted by molar-refractivity contribution is 5.94. The predicted octanol–water partition coefficient (Wildman–Crippen LogP) is 2.52. The van der Waals surface area contributed by atoms with Crippen molar-refractivity contribution in [1.82, 2.24) is 20.0 Å². The predicted molar refractivity (Wildman–Crippen MR) is 110 cm³/mol. The van der Waals surface area contributed by atoms with Gasteiger partial charge in [-0.25, -0.2) is 0 Å². The monoisotopic (exact) mass is 408 g/mol. The summed E-state index contributed by atoms with van der Waals surface area (Å²) in [6, 6.07) is 8.94. The standard InChI is InChI=1S/C22H24N4O4/c1-3-19-24-21(25-30-19)15-4-7-17-14(12-15)5-8-18(17)23-22(28)16-6-9-20(27)26(13-16)10-11-29-2/h4,6-7,9,12-13,18H,3,5,8,10-11H2,1-2H3,(H,23,28). The first kappa shape index (κ1) is 20.0. The van der Waals surface area contributed by atoms with E-state index in [2.05, 4.69) is 21.5 Å². The molecule has 1 unspecified atom stereocenters. The third-order valence-electron chi connectivity index (χ3n) is 5.34. The second-order valence-electron chi connectivity index (χ2n) is 7.29. The number of carbonyl (C=O) groups excluding carboxylic acids is 1. The van der Waals surface area contributed by atoms with Crippen molar-refractivity contribution in [2.24, 2.45) is 0 Å². The molecule has 0 radical (unpaired) electrons. The van der Waals surface area contributed by atoms with Crippen LogP contribution in [0.4, 0.5) is 0 Å². The summed E-state index contributed by atoms with van der Waals surface area (Å²) in [6.45, 7) is 2.78. The van der Waals surface area contributed by atoms with Crippen molar-refractivity contribution < 1.29 is 14.1 Å². The minimum atomic E-state index is -0.200. The van der Waals surface area contributed by atoms with Crippen LogP contribution in [0, 0.1) is 0 Å². The minimum absolute atomic E-state index is 0.0719. The molecule has 0 aliphatic heterocycles. The number of hydrogen-bond acceptors (Lipinski definition) is 6. The van der Waals surface area contributed by atoms with Gasteiger partial charge < -0.3 is 19.1 Å². The van der Waals surface area contributed by atoms with Crippen molar-refractivity contribution >= 4 is 5.91 Å². The Kier molecular flexibility index (Phi) is 5.76. The molecule has 0 spiro atoms. The van der Waals surface area contributed by atoms with Crippen LogP contribution in [-0.4, -0.2) is 34.3 Å². The van der Waals surface area contributed by atoms with Gasteiger partial charge in [-0.05, 0) is 36.1 Å². The molecule has 1 aromatic carbocycles. The highest BCUT2D eigenvalue weighted by Crippen LogP contribution is 2.33. The zero-order valence-corrected chi connectivity index (χ0v) is 17.1. The molecule has 1 aliphatic rings. The lowest BCUT2D eigenvalue weighted by Gasteiger charge is -2.15. The van der Waals surface area contributed by atoms with Crippen LogP contribution >= 0.6 is 0 Å². The number of methoxy groups -OCH3 is 1. The molecular weight excluding hydrogens is 384 g/mol. The summed E-state index contributed by atoms with van der Waals surface area (Å²) in [5.41, 5.74) is 3.48. The zero-order chi connectivity index (χ0) is 21.1. The fourth-order valence-corrected chi connectivity index (χ4v) is 3.69. The molecule has 8 heteroatoms. The van der Waals surface area contributed by atoms with Crippen LogP contribution in [0.3, 0.4) is 0 Å². The van der Waals surface area contributed by atoms with Gasteiger partial charge in [0.15, 0.2) is 0 Å². The number of ether oxygens (including phenoxy) is 1. The maximum Gasteiger partial charge on any atom is 0.253 e. The number of carbonyl (C=O) groups is 1. The van der Waals surface area contributed by atoms with Crippen molar-refractivity contribution in [2.75, 3.05) is 13.7 Å². The molecule has 1 amide bonds. The SMILES string of the molecule is CCc1nc(-c2ccc3c(c2)CCC3NC(=O)c2ccc(=O)n(CCOC)c2)no1. The molecule has 1 N–H and O–H groups in total. The topological polar surface area (TPSA) is 99.2 Å². The van der Waals surface area contributed by atoms with Gasteiger partial charge in [-0.3, -0.25) is 9.59 Å². The number of aryl methyl sites for hydroxylation is 2. The number of fused-ring (bicyclic) bond motifs is 1. The smallest absolute Gasteiger partial charge is 0.253 e. The van der Waals surface area contributed by atoms with Gasteiger partial charge in [0, 0.05) is 37.9 Å². The summed E-state index contributed by atoms with van der Waals surface area (Å²) < 4.78 is 11.7. The van der Waals surface area contributed by atoms with Crippen LogP contribution < -0.4 is 10.9 Å². The van der Waals surface area contributed by atoms with Crippen LogP contribution in [0.15, 0.2) is 45.8 Å². The van der Waals surface area contributed by atoms with Crippen molar-refractivity contribution in [1.29, 1.82) is 0 Å². The Morgan fingerprint density at radius 3 is 2.97 bits per heavy atom. The van der Waals surface area contributed by atoms with Crippen LogP contribution in [0.1, 0.15) is 46.8 Å². The van der Waals surface area contributed by atoms with Gasteiger partial charge in [0.2, 0.25) is 11.7 Å². The molecule has 2 aromatic heterocycles. The lowest BCUT2D eigenvalue weighted by atomic mass is 10.0. The quantitative estimate of drug-likeness (QED) is 0.645. The number of nitrogens with one attached hydrogen (secondary N) is 1. The largest absolute Gasteiger partial charge is 0.383 e. The highest BCUT2D eigenvalue weighted by Gasteiger charge is 2.25. The van der Waals surface area contributed by atoms with E-state index in [9.17, 15) is 9.59 Å². The third kappa shape index (κ3) is 4.04. The van der Waals surface area contributed by atoms with Crippen LogP contribution in [0.5, 0.6) is 0 Å². The van der Waals surface area contributed by atoms with E-state index >= 15 is 0 Å². The maximum atomic E-state index is 12.8. The van der Waals surface area contributed by atoms with Gasteiger partial charge in [0.05, 0.1) is 18.2 Å². The van der Waals surface area contributed by atoms with E-state index in [4.69, 9.17) is 9.26 Å². The van der Waals surface area contributed by atoms with E-state index in [1.807, 2.05) is 19.1 Å². The van der Waals surface area contributed by atoms with Gasteiger partial charge in [-0.15, -0.1) is 0 Å². The average molecular weight is 408 g/mol. The number of aromatic nitrogens is 3. The Labute approximate surface area is 173 Å². The molecule has 0 bridgehead atoms. The van der Waals surface area contributed by atoms with E-state index in [0.717, 1.165) is 24.0 Å². The molecular formula is C22H24N4O4. The Hall–Kier alpha value is -3.26. The van der Waals surface area contributed by atoms with Gasteiger partial charge in [0.25, 0.3) is 11.5 Å². The molecule has 2 heterocycles. The summed E-state index contributed by atoms with van der Waals surface area (Å²) >= 11 is 0. The Bertz CT molecular complexity index is 1120. The van der Waals surface area contributed by atoms with Crippen molar-refractivity contribution in [3.8, 4) is 11.4 Å². The van der Waals surface area contributed by atoms with Crippen LogP contribution in [0.2, 0.25) is 0 Å². The molecule has 8 nitrogen and oxygen atoms in total. The lowest BCUT2D eigenvalue weighted by molar-refractivity contribution is 0.0935. The Balaban J connectivity index is 1.50. The third-order valence-corrected chi connectivity index (χ3v) is 5.34. The van der Waals surface area contributed by atoms with E-state index in [0.29, 0.717) is 36.9 Å². The number of rotatable bonds is 7. The number of amides is 1. The molecule has 4 rings (SSSR count). The number of hydrogen-bond donors (Lipinski definition) is 1. The van der Waals surface area contributed by atoms with Crippen molar-refractivity contribution in [3.05, 3.63) is 69.5 Å². The maximum absolute atomic E-state index is 12.8. The number of nitrogens with zero attached hydrogens (tertiary/aromatic N) is 3. The summed E-state index contributed by atoms with van der Waals surface area (Å²) in [4.78, 5) is 29.1. The molecule has 1 aliphatic carbocycles.